The van der Waals surface area contributed by atoms with Crippen LogP contribution < -0.4 is 0 Å². The Morgan fingerprint density at radius 3 is 2.56 bits per heavy atom. The lowest BCUT2D eigenvalue weighted by Crippen LogP contribution is -2.54. The van der Waals surface area contributed by atoms with E-state index in [1.807, 2.05) is 54.8 Å². The number of likely N-dealkylation sites (tertiary alicyclic amines) is 1. The maximum atomic E-state index is 13.0. The molecule has 2 fully saturated rings. The van der Waals surface area contributed by atoms with Crippen LogP contribution in [0.2, 0.25) is 0 Å². The van der Waals surface area contributed by atoms with Crippen LogP contribution in [0.5, 0.6) is 0 Å². The Bertz CT molecular complexity index is 628. The number of piperidine rings is 1. The van der Waals surface area contributed by atoms with Crippen molar-refractivity contribution >= 4 is 11.8 Å². The summed E-state index contributed by atoms with van der Waals surface area (Å²) in [5.41, 5.74) is 1.84. The van der Waals surface area contributed by atoms with Crippen LogP contribution in [0, 0.1) is 12.8 Å². The number of carbonyl (C=O) groups is 2. The molecule has 0 spiro atoms. The van der Waals surface area contributed by atoms with Crippen molar-refractivity contribution in [2.75, 3.05) is 26.2 Å². The Hall–Kier alpha value is -1.88. The summed E-state index contributed by atoms with van der Waals surface area (Å²) in [5, 5.41) is 0. The number of amides is 2. The molecule has 0 radical (unpaired) electrons. The third-order valence-corrected chi connectivity index (χ3v) is 5.25. The Morgan fingerprint density at radius 2 is 1.84 bits per heavy atom. The number of nitrogens with zero attached hydrogens (tertiary/aromatic N) is 2. The highest BCUT2D eigenvalue weighted by molar-refractivity contribution is 5.94. The zero-order valence-electron chi connectivity index (χ0n) is 15.4. The van der Waals surface area contributed by atoms with Gasteiger partial charge in [-0.2, -0.15) is 0 Å². The predicted octanol–water partition coefficient (Wildman–Crippen LogP) is 2.48. The van der Waals surface area contributed by atoms with Gasteiger partial charge in [0.15, 0.2) is 0 Å². The van der Waals surface area contributed by atoms with E-state index in [1.165, 1.54) is 0 Å². The molecule has 2 aliphatic rings. The lowest BCUT2D eigenvalue weighted by Gasteiger charge is -2.41. The minimum atomic E-state index is -0.101. The van der Waals surface area contributed by atoms with Crippen LogP contribution in [0.4, 0.5) is 0 Å². The molecule has 2 heterocycles. The van der Waals surface area contributed by atoms with E-state index in [-0.39, 0.29) is 29.9 Å². The van der Waals surface area contributed by atoms with Crippen molar-refractivity contribution in [1.82, 2.24) is 9.80 Å². The summed E-state index contributed by atoms with van der Waals surface area (Å²) in [6, 6.07) is 7.75. The molecule has 0 aliphatic carbocycles. The fourth-order valence-electron chi connectivity index (χ4n) is 3.69. The van der Waals surface area contributed by atoms with Crippen LogP contribution in [-0.2, 0) is 9.53 Å². The zero-order valence-corrected chi connectivity index (χ0v) is 15.4. The molecule has 5 nitrogen and oxygen atoms in total. The molecule has 3 rings (SSSR count). The van der Waals surface area contributed by atoms with Gasteiger partial charge in [0.25, 0.3) is 5.91 Å². The van der Waals surface area contributed by atoms with Gasteiger partial charge in [0, 0.05) is 25.2 Å². The molecule has 0 aromatic heterocycles. The minimum absolute atomic E-state index is 0.0286. The third-order valence-electron chi connectivity index (χ3n) is 5.25. The Morgan fingerprint density at radius 1 is 1.12 bits per heavy atom. The summed E-state index contributed by atoms with van der Waals surface area (Å²) < 4.78 is 5.63. The number of morpholine rings is 1. The first-order valence-corrected chi connectivity index (χ1v) is 9.23. The second-order valence-corrected chi connectivity index (χ2v) is 7.44. The average Bonchev–Trinajstić information content (AvgIpc) is 2.63. The molecule has 3 atom stereocenters. The summed E-state index contributed by atoms with van der Waals surface area (Å²) in [6.45, 7) is 8.51. The van der Waals surface area contributed by atoms with Crippen molar-refractivity contribution in [3.05, 3.63) is 35.4 Å². The molecular weight excluding hydrogens is 316 g/mol. The van der Waals surface area contributed by atoms with Gasteiger partial charge in [-0.05, 0) is 45.7 Å². The molecule has 1 aromatic carbocycles. The molecule has 25 heavy (non-hydrogen) atoms. The lowest BCUT2D eigenvalue weighted by atomic mass is 9.94. The van der Waals surface area contributed by atoms with Gasteiger partial charge >= 0.3 is 0 Å². The molecule has 2 saturated heterocycles. The standard InChI is InChI=1S/C20H28N2O3/c1-14-6-8-17(9-7-14)19(23)21-10-4-5-18(12-21)20(24)22-11-16(3)25-13-15(22)2/h6-9,15-16,18H,4-5,10-13H2,1-3H3/t15-,16+,18+/m1/s1. The summed E-state index contributed by atoms with van der Waals surface area (Å²) >= 11 is 0. The highest BCUT2D eigenvalue weighted by atomic mass is 16.5. The van der Waals surface area contributed by atoms with Crippen molar-refractivity contribution < 1.29 is 14.3 Å². The first-order valence-electron chi connectivity index (χ1n) is 9.23. The smallest absolute Gasteiger partial charge is 0.253 e. The number of aryl methyl sites for hydroxylation is 1. The van der Waals surface area contributed by atoms with Crippen molar-refractivity contribution in [3.63, 3.8) is 0 Å². The van der Waals surface area contributed by atoms with Gasteiger partial charge in [-0.15, -0.1) is 0 Å². The molecular formula is C20H28N2O3. The van der Waals surface area contributed by atoms with Crippen molar-refractivity contribution in [2.45, 2.75) is 45.8 Å². The molecule has 2 amide bonds. The van der Waals surface area contributed by atoms with Gasteiger partial charge in [0.1, 0.15) is 0 Å². The van der Waals surface area contributed by atoms with Crippen LogP contribution in [0.15, 0.2) is 24.3 Å². The van der Waals surface area contributed by atoms with Crippen LogP contribution in [0.25, 0.3) is 0 Å². The van der Waals surface area contributed by atoms with Gasteiger partial charge < -0.3 is 14.5 Å². The Balaban J connectivity index is 1.67. The lowest BCUT2D eigenvalue weighted by molar-refractivity contribution is -0.149. The van der Waals surface area contributed by atoms with Crippen LogP contribution in [-0.4, -0.2) is 60.0 Å². The number of hydrogen-bond donors (Lipinski definition) is 0. The van der Waals surface area contributed by atoms with Crippen molar-refractivity contribution in [1.29, 1.82) is 0 Å². The number of hydrogen-bond acceptors (Lipinski definition) is 3. The van der Waals surface area contributed by atoms with Crippen LogP contribution >= 0.6 is 0 Å². The fraction of sp³-hybridized carbons (Fsp3) is 0.600. The van der Waals surface area contributed by atoms with E-state index in [0.29, 0.717) is 25.3 Å². The van der Waals surface area contributed by atoms with E-state index in [9.17, 15) is 9.59 Å². The highest BCUT2D eigenvalue weighted by Gasteiger charge is 2.35. The van der Waals surface area contributed by atoms with E-state index < -0.39 is 0 Å². The van der Waals surface area contributed by atoms with Crippen molar-refractivity contribution in [2.24, 2.45) is 5.92 Å². The Kier molecular flexibility index (Phi) is 5.42. The summed E-state index contributed by atoms with van der Waals surface area (Å²) in [4.78, 5) is 29.5. The minimum Gasteiger partial charge on any atom is -0.375 e. The van der Waals surface area contributed by atoms with Crippen molar-refractivity contribution in [3.8, 4) is 0 Å². The van der Waals surface area contributed by atoms with Gasteiger partial charge in [-0.1, -0.05) is 17.7 Å². The molecule has 1 aromatic rings. The highest BCUT2D eigenvalue weighted by Crippen LogP contribution is 2.23. The summed E-state index contributed by atoms with van der Waals surface area (Å²) in [6.07, 6.45) is 1.81. The van der Waals surface area contributed by atoms with E-state index in [4.69, 9.17) is 4.74 Å². The number of rotatable bonds is 2. The maximum absolute atomic E-state index is 13.0. The summed E-state index contributed by atoms with van der Waals surface area (Å²) in [5.74, 6) is 0.0980. The number of benzene rings is 1. The van der Waals surface area contributed by atoms with Gasteiger partial charge in [-0.3, -0.25) is 9.59 Å². The van der Waals surface area contributed by atoms with E-state index >= 15 is 0 Å². The largest absolute Gasteiger partial charge is 0.375 e. The monoisotopic (exact) mass is 344 g/mol. The SMILES string of the molecule is Cc1ccc(C(=O)N2CCC[C@H](C(=O)N3C[C@H](C)OC[C@H]3C)C2)cc1. The molecule has 2 aliphatic heterocycles. The maximum Gasteiger partial charge on any atom is 0.253 e. The predicted molar refractivity (Wildman–Crippen MR) is 96.4 cm³/mol. The number of carbonyl (C=O) groups excluding carboxylic acids is 2. The molecule has 5 heteroatoms. The molecule has 0 N–H and O–H groups in total. The first-order chi connectivity index (χ1) is 12.0. The fourth-order valence-corrected chi connectivity index (χ4v) is 3.69. The van der Waals surface area contributed by atoms with Gasteiger partial charge in [0.2, 0.25) is 5.91 Å². The van der Waals surface area contributed by atoms with E-state index in [2.05, 4.69) is 0 Å². The Labute approximate surface area is 149 Å². The number of ether oxygens (including phenoxy) is 1. The van der Waals surface area contributed by atoms with E-state index in [0.717, 1.165) is 24.9 Å². The molecule has 0 saturated carbocycles. The molecule has 136 valence electrons. The quantitative estimate of drug-likeness (QED) is 0.828. The topological polar surface area (TPSA) is 49.9 Å². The van der Waals surface area contributed by atoms with E-state index in [1.54, 1.807) is 0 Å². The third kappa shape index (κ3) is 4.03. The van der Waals surface area contributed by atoms with Crippen LogP contribution in [0.1, 0.15) is 42.6 Å². The normalized spacial score (nSPS) is 27.2. The van der Waals surface area contributed by atoms with Crippen LogP contribution in [0.3, 0.4) is 0 Å². The zero-order chi connectivity index (χ0) is 18.0. The second kappa shape index (κ2) is 7.56. The van der Waals surface area contributed by atoms with Gasteiger partial charge in [-0.25, -0.2) is 0 Å². The van der Waals surface area contributed by atoms with Gasteiger partial charge in [0.05, 0.1) is 24.7 Å². The average molecular weight is 344 g/mol. The molecule has 0 bridgehead atoms. The first kappa shape index (κ1) is 17.9. The molecule has 0 unspecified atom stereocenters. The summed E-state index contributed by atoms with van der Waals surface area (Å²) in [7, 11) is 0. The second-order valence-electron chi connectivity index (χ2n) is 7.44.